The van der Waals surface area contributed by atoms with Crippen LogP contribution in [0.15, 0.2) is 158 Å². The van der Waals surface area contributed by atoms with Crippen molar-refractivity contribution in [3.8, 4) is 33.6 Å². The van der Waals surface area contributed by atoms with Crippen LogP contribution in [-0.2, 0) is 0 Å². The van der Waals surface area contributed by atoms with Crippen LogP contribution in [0.3, 0.4) is 0 Å². The van der Waals surface area contributed by atoms with Crippen molar-refractivity contribution in [1.82, 2.24) is 9.13 Å². The summed E-state index contributed by atoms with van der Waals surface area (Å²) in [5.74, 6) is 0. The van der Waals surface area contributed by atoms with Gasteiger partial charge in [0, 0.05) is 27.4 Å². The van der Waals surface area contributed by atoms with Gasteiger partial charge in [-0.2, -0.15) is 0 Å². The minimum absolute atomic E-state index is 0.589. The van der Waals surface area contributed by atoms with Crippen molar-refractivity contribution >= 4 is 55.0 Å². The van der Waals surface area contributed by atoms with Crippen LogP contribution in [0.2, 0.25) is 0 Å². The third kappa shape index (κ3) is 4.07. The summed E-state index contributed by atoms with van der Waals surface area (Å²) < 4.78 is 4.55. The van der Waals surface area contributed by atoms with E-state index >= 15 is 0 Å². The zero-order chi connectivity index (χ0) is 32.2. The highest BCUT2D eigenvalue weighted by Crippen LogP contribution is 2.42. The normalized spacial score (nSPS) is 11.3. The van der Waals surface area contributed by atoms with E-state index in [0.29, 0.717) is 11.4 Å². The Bertz CT molecular complexity index is 2760. The van der Waals surface area contributed by atoms with Crippen molar-refractivity contribution in [3.63, 3.8) is 0 Å². The summed E-state index contributed by atoms with van der Waals surface area (Å²) in [7, 11) is 0. The van der Waals surface area contributed by atoms with Gasteiger partial charge in [0.2, 0.25) is 5.69 Å². The van der Waals surface area contributed by atoms with Gasteiger partial charge in [0.05, 0.1) is 40.9 Å². The number of nitrogens with zero attached hydrogens (tertiary/aromatic N) is 4. The summed E-state index contributed by atoms with van der Waals surface area (Å²) in [6.07, 6.45) is 0. The summed E-state index contributed by atoms with van der Waals surface area (Å²) in [6, 6.07) is 54.3. The van der Waals surface area contributed by atoms with E-state index in [2.05, 4.69) is 140 Å². The molecule has 2 heterocycles. The molecule has 4 nitrogen and oxygen atoms in total. The number of benzene rings is 7. The van der Waals surface area contributed by atoms with Gasteiger partial charge in [-0.15, -0.1) is 0 Å². The molecule has 48 heavy (non-hydrogen) atoms. The van der Waals surface area contributed by atoms with E-state index in [1.165, 1.54) is 10.8 Å². The first-order chi connectivity index (χ1) is 23.7. The lowest BCUT2D eigenvalue weighted by molar-refractivity contribution is 1.18. The summed E-state index contributed by atoms with van der Waals surface area (Å²) in [4.78, 5) is 7.75. The second-order valence-corrected chi connectivity index (χ2v) is 11.9. The van der Waals surface area contributed by atoms with E-state index in [1.54, 1.807) is 0 Å². The molecule has 0 saturated carbocycles. The predicted octanol–water partition coefficient (Wildman–Crippen LogP) is 12.3. The number of rotatable bonds is 4. The van der Waals surface area contributed by atoms with Crippen LogP contribution in [0.1, 0.15) is 0 Å². The highest BCUT2D eigenvalue weighted by atomic mass is 15.0. The van der Waals surface area contributed by atoms with Gasteiger partial charge in [0.1, 0.15) is 0 Å². The fourth-order valence-electron chi connectivity index (χ4n) is 7.33. The first-order valence-electron chi connectivity index (χ1n) is 15.8. The zero-order valence-corrected chi connectivity index (χ0v) is 25.8. The molecule has 7 aromatic carbocycles. The van der Waals surface area contributed by atoms with Crippen molar-refractivity contribution in [1.29, 1.82) is 0 Å². The van der Waals surface area contributed by atoms with Gasteiger partial charge < -0.3 is 9.13 Å². The molecule has 0 aliphatic carbocycles. The molecule has 0 saturated heterocycles. The van der Waals surface area contributed by atoms with E-state index in [4.69, 9.17) is 13.1 Å². The molecule has 9 aromatic rings. The van der Waals surface area contributed by atoms with Gasteiger partial charge >= 0.3 is 0 Å². The van der Waals surface area contributed by atoms with Crippen molar-refractivity contribution < 1.29 is 0 Å². The number of hydrogen-bond donors (Lipinski definition) is 0. The van der Waals surface area contributed by atoms with E-state index in [1.807, 2.05) is 36.4 Å². The maximum absolute atomic E-state index is 7.96. The number of hydrogen-bond acceptors (Lipinski definition) is 0. The fraction of sp³-hybridized carbons (Fsp3) is 0. The van der Waals surface area contributed by atoms with Crippen LogP contribution in [-0.4, -0.2) is 9.13 Å². The lowest BCUT2D eigenvalue weighted by atomic mass is 9.92. The van der Waals surface area contributed by atoms with Crippen LogP contribution >= 0.6 is 0 Å². The van der Waals surface area contributed by atoms with E-state index in [-0.39, 0.29) is 0 Å². The van der Waals surface area contributed by atoms with Crippen molar-refractivity contribution in [2.75, 3.05) is 0 Å². The summed E-state index contributed by atoms with van der Waals surface area (Å²) in [5.41, 5.74) is 11.6. The Hall–Kier alpha value is -6.88. The standard InChI is InChI=1S/C44H26N4/c1-45-30-25-26-32(29-13-11-14-31(27-29)47-40-21-7-5-17-35(40)37-19-12-20-39(46-2)44(37)47)38(28-30)36-18-6-10-24-43(36)48-41-22-8-3-15-33(41)34-16-4-9-23-42(34)48/h3-28H. The third-order valence-corrected chi connectivity index (χ3v) is 9.36. The fourth-order valence-corrected chi connectivity index (χ4v) is 7.33. The summed E-state index contributed by atoms with van der Waals surface area (Å²) in [5, 5.41) is 4.59. The first-order valence-corrected chi connectivity index (χ1v) is 15.8. The molecule has 0 bridgehead atoms. The van der Waals surface area contributed by atoms with Gasteiger partial charge in [0.25, 0.3) is 0 Å². The Balaban J connectivity index is 1.30. The quantitative estimate of drug-likeness (QED) is 0.177. The van der Waals surface area contributed by atoms with Gasteiger partial charge in [-0.05, 0) is 64.5 Å². The smallest absolute Gasteiger partial charge is 0.211 e. The Morgan fingerprint density at radius 2 is 1.02 bits per heavy atom. The lowest BCUT2D eigenvalue weighted by Crippen LogP contribution is -1.98. The number of aromatic nitrogens is 2. The van der Waals surface area contributed by atoms with Crippen LogP contribution in [0.25, 0.3) is 86.9 Å². The average Bonchev–Trinajstić information content (AvgIpc) is 3.68. The summed E-state index contributed by atoms with van der Waals surface area (Å²) in [6.45, 7) is 15.9. The molecule has 4 heteroatoms. The second-order valence-electron chi connectivity index (χ2n) is 11.9. The molecule has 9 rings (SSSR count). The van der Waals surface area contributed by atoms with Crippen LogP contribution < -0.4 is 0 Å². The molecule has 0 spiro atoms. The molecule has 0 radical (unpaired) electrons. The molecular formula is C44H26N4. The molecule has 0 N–H and O–H groups in total. The van der Waals surface area contributed by atoms with Crippen LogP contribution in [0.4, 0.5) is 11.4 Å². The van der Waals surface area contributed by atoms with Gasteiger partial charge in [-0.3, -0.25) is 0 Å². The molecule has 0 unspecified atom stereocenters. The molecule has 0 fully saturated rings. The molecule has 0 atom stereocenters. The minimum Gasteiger partial charge on any atom is -0.319 e. The predicted molar refractivity (Wildman–Crippen MR) is 199 cm³/mol. The first kappa shape index (κ1) is 27.4. The molecule has 0 aliphatic heterocycles. The maximum atomic E-state index is 7.96. The van der Waals surface area contributed by atoms with E-state index < -0.39 is 0 Å². The molecule has 0 aliphatic rings. The summed E-state index contributed by atoms with van der Waals surface area (Å²) >= 11 is 0. The largest absolute Gasteiger partial charge is 0.319 e. The van der Waals surface area contributed by atoms with E-state index in [0.717, 1.165) is 66.5 Å². The van der Waals surface area contributed by atoms with Gasteiger partial charge in [-0.1, -0.05) is 115 Å². The van der Waals surface area contributed by atoms with Crippen molar-refractivity contribution in [3.05, 3.63) is 181 Å². The lowest BCUT2D eigenvalue weighted by Gasteiger charge is -2.18. The molecular weight excluding hydrogens is 585 g/mol. The minimum atomic E-state index is 0.589. The van der Waals surface area contributed by atoms with Crippen molar-refractivity contribution in [2.45, 2.75) is 0 Å². The number of fused-ring (bicyclic) bond motifs is 6. The van der Waals surface area contributed by atoms with Crippen LogP contribution in [0.5, 0.6) is 0 Å². The molecule has 0 amide bonds. The Morgan fingerprint density at radius 3 is 1.73 bits per heavy atom. The monoisotopic (exact) mass is 610 g/mol. The molecule has 222 valence electrons. The number of para-hydroxylation sites is 5. The van der Waals surface area contributed by atoms with Gasteiger partial charge in [-0.25, -0.2) is 9.69 Å². The third-order valence-electron chi connectivity index (χ3n) is 9.36. The molecule has 2 aromatic heterocycles. The van der Waals surface area contributed by atoms with E-state index in [9.17, 15) is 0 Å². The topological polar surface area (TPSA) is 18.6 Å². The second kappa shape index (κ2) is 10.9. The van der Waals surface area contributed by atoms with Crippen LogP contribution in [0, 0.1) is 13.1 Å². The Kier molecular flexibility index (Phi) is 6.22. The Labute approximate surface area is 277 Å². The Morgan fingerprint density at radius 1 is 0.417 bits per heavy atom. The highest BCUT2D eigenvalue weighted by Gasteiger charge is 2.19. The van der Waals surface area contributed by atoms with Crippen molar-refractivity contribution in [2.24, 2.45) is 0 Å². The SMILES string of the molecule is [C-]#[N+]c1ccc(-c2cccc(-n3c4ccccc4c4cccc([N+]#[C-])c43)c2)c(-c2ccccc2-n2c3ccccc3c3ccccc32)c1. The highest BCUT2D eigenvalue weighted by molar-refractivity contribution is 6.13. The average molecular weight is 611 g/mol. The zero-order valence-electron chi connectivity index (χ0n) is 25.8. The van der Waals surface area contributed by atoms with Gasteiger partial charge in [0.15, 0.2) is 5.69 Å². The maximum Gasteiger partial charge on any atom is 0.211 e.